The highest BCUT2D eigenvalue weighted by molar-refractivity contribution is 7.88. The zero-order valence-corrected chi connectivity index (χ0v) is 14.2. The molecule has 0 aliphatic rings. The number of nitro groups is 1. The quantitative estimate of drug-likeness (QED) is 0.575. The van der Waals surface area contributed by atoms with Gasteiger partial charge < -0.3 is 5.32 Å². The molecule has 9 heteroatoms. The van der Waals surface area contributed by atoms with Crippen LogP contribution in [0.4, 0.5) is 11.4 Å². The highest BCUT2D eigenvalue weighted by Gasteiger charge is 2.14. The summed E-state index contributed by atoms with van der Waals surface area (Å²) in [6.07, 6.45) is 0. The van der Waals surface area contributed by atoms with Crippen LogP contribution in [0.25, 0.3) is 0 Å². The van der Waals surface area contributed by atoms with Crippen molar-refractivity contribution in [2.75, 3.05) is 12.4 Å². The summed E-state index contributed by atoms with van der Waals surface area (Å²) in [5, 5.41) is 22.9. The Balaban J connectivity index is 2.09. The largest absolute Gasteiger partial charge is 0.375 e. The number of sulfonamides is 1. The molecule has 130 valence electrons. The van der Waals surface area contributed by atoms with E-state index >= 15 is 0 Å². The smallest absolute Gasteiger partial charge is 0.293 e. The predicted molar refractivity (Wildman–Crippen MR) is 93.3 cm³/mol. The Kier molecular flexibility index (Phi) is 5.69. The first-order valence-corrected chi connectivity index (χ1v) is 8.91. The van der Waals surface area contributed by atoms with Crippen molar-refractivity contribution in [1.29, 1.82) is 5.26 Å². The number of anilines is 1. The molecule has 2 aromatic carbocycles. The Morgan fingerprint density at radius 1 is 1.16 bits per heavy atom. The summed E-state index contributed by atoms with van der Waals surface area (Å²) in [7, 11) is -1.97. The number of rotatable bonds is 7. The molecule has 8 nitrogen and oxygen atoms in total. The lowest BCUT2D eigenvalue weighted by Gasteiger charge is -2.08. The molecule has 0 aromatic heterocycles. The van der Waals surface area contributed by atoms with Crippen LogP contribution in [0.3, 0.4) is 0 Å². The van der Waals surface area contributed by atoms with Crippen LogP contribution in [-0.4, -0.2) is 20.4 Å². The highest BCUT2D eigenvalue weighted by atomic mass is 32.2. The van der Waals surface area contributed by atoms with Gasteiger partial charge in [0.25, 0.3) is 5.69 Å². The molecule has 0 saturated heterocycles. The van der Waals surface area contributed by atoms with Gasteiger partial charge in [-0.25, -0.2) is 13.1 Å². The number of nitrogens with zero attached hydrogens (tertiary/aromatic N) is 2. The van der Waals surface area contributed by atoms with Gasteiger partial charge in [-0.1, -0.05) is 24.3 Å². The maximum atomic E-state index is 11.5. The van der Waals surface area contributed by atoms with Crippen LogP contribution in [0, 0.1) is 21.4 Å². The second kappa shape index (κ2) is 7.74. The van der Waals surface area contributed by atoms with Crippen LogP contribution in [0.15, 0.2) is 42.5 Å². The Morgan fingerprint density at radius 3 is 2.36 bits per heavy atom. The van der Waals surface area contributed by atoms with E-state index in [2.05, 4.69) is 10.0 Å². The first kappa shape index (κ1) is 18.4. The third-order valence-electron chi connectivity index (χ3n) is 3.50. The molecule has 0 atom stereocenters. The van der Waals surface area contributed by atoms with E-state index in [1.165, 1.54) is 25.2 Å². The van der Waals surface area contributed by atoms with Gasteiger partial charge in [0.05, 0.1) is 22.3 Å². The van der Waals surface area contributed by atoms with Gasteiger partial charge in [0, 0.05) is 12.6 Å². The molecule has 0 aliphatic heterocycles. The van der Waals surface area contributed by atoms with Gasteiger partial charge in [0.2, 0.25) is 10.0 Å². The van der Waals surface area contributed by atoms with Crippen LogP contribution in [0.5, 0.6) is 0 Å². The van der Waals surface area contributed by atoms with E-state index in [4.69, 9.17) is 5.26 Å². The van der Waals surface area contributed by atoms with Crippen molar-refractivity contribution in [3.05, 3.63) is 69.3 Å². The summed E-state index contributed by atoms with van der Waals surface area (Å²) in [6, 6.07) is 13.0. The topological polar surface area (TPSA) is 125 Å². The van der Waals surface area contributed by atoms with Crippen LogP contribution >= 0.6 is 0 Å². The molecule has 0 unspecified atom stereocenters. The van der Waals surface area contributed by atoms with Crippen molar-refractivity contribution in [3.8, 4) is 6.07 Å². The first-order chi connectivity index (χ1) is 11.8. The number of hydrogen-bond donors (Lipinski definition) is 2. The maximum Gasteiger partial charge on any atom is 0.293 e. The van der Waals surface area contributed by atoms with E-state index in [1.807, 2.05) is 6.07 Å². The minimum atomic E-state index is -3.33. The SMILES string of the molecule is CNS(=O)(=O)Cc1ccc(CNc2ccc(C#N)cc2[N+](=O)[O-])cc1. The lowest BCUT2D eigenvalue weighted by molar-refractivity contribution is -0.384. The molecule has 0 aliphatic carbocycles. The average Bonchev–Trinajstić information content (AvgIpc) is 2.60. The fourth-order valence-electron chi connectivity index (χ4n) is 2.14. The van der Waals surface area contributed by atoms with E-state index in [9.17, 15) is 18.5 Å². The molecule has 0 bridgehead atoms. The molecule has 2 rings (SSSR count). The Labute approximate surface area is 145 Å². The first-order valence-electron chi connectivity index (χ1n) is 7.26. The van der Waals surface area contributed by atoms with E-state index in [0.29, 0.717) is 17.8 Å². The Bertz CT molecular complexity index is 918. The lowest BCUT2D eigenvalue weighted by atomic mass is 10.1. The van der Waals surface area contributed by atoms with Gasteiger partial charge in [0.15, 0.2) is 0 Å². The monoisotopic (exact) mass is 360 g/mol. The second-order valence-corrected chi connectivity index (χ2v) is 7.16. The fourth-order valence-corrected chi connectivity index (χ4v) is 2.92. The zero-order chi connectivity index (χ0) is 18.4. The summed E-state index contributed by atoms with van der Waals surface area (Å²) < 4.78 is 25.3. The van der Waals surface area contributed by atoms with Crippen molar-refractivity contribution in [2.24, 2.45) is 0 Å². The predicted octanol–water partition coefficient (Wildman–Crippen LogP) is 2.13. The van der Waals surface area contributed by atoms with Crippen LogP contribution in [0.2, 0.25) is 0 Å². The summed E-state index contributed by atoms with van der Waals surface area (Å²) >= 11 is 0. The third kappa shape index (κ3) is 5.00. The number of nitriles is 1. The number of benzene rings is 2. The minimum absolute atomic E-state index is 0.113. The molecule has 2 aromatic rings. The summed E-state index contributed by atoms with van der Waals surface area (Å²) in [5.74, 6) is -0.113. The Morgan fingerprint density at radius 2 is 1.80 bits per heavy atom. The summed E-state index contributed by atoms with van der Waals surface area (Å²) in [4.78, 5) is 10.6. The molecule has 2 N–H and O–H groups in total. The third-order valence-corrected chi connectivity index (χ3v) is 4.83. The van der Waals surface area contributed by atoms with E-state index in [0.717, 1.165) is 5.56 Å². The minimum Gasteiger partial charge on any atom is -0.375 e. The molecule has 0 spiro atoms. The average molecular weight is 360 g/mol. The standard InChI is InChI=1S/C16H16N4O4S/c1-18-25(23,24)11-13-4-2-12(3-5-13)10-19-15-7-6-14(9-17)8-16(15)20(21)22/h2-8,18-19H,10-11H2,1H3. The zero-order valence-electron chi connectivity index (χ0n) is 13.4. The molecular formula is C16H16N4O4S. The molecular weight excluding hydrogens is 344 g/mol. The van der Waals surface area contributed by atoms with Crippen LogP contribution in [0.1, 0.15) is 16.7 Å². The molecule has 0 saturated carbocycles. The van der Waals surface area contributed by atoms with Crippen molar-refractivity contribution >= 4 is 21.4 Å². The highest BCUT2D eigenvalue weighted by Crippen LogP contribution is 2.25. The van der Waals surface area contributed by atoms with Crippen molar-refractivity contribution < 1.29 is 13.3 Å². The van der Waals surface area contributed by atoms with E-state index < -0.39 is 14.9 Å². The van der Waals surface area contributed by atoms with Gasteiger partial charge in [-0.05, 0) is 30.3 Å². The van der Waals surface area contributed by atoms with Gasteiger partial charge in [-0.2, -0.15) is 5.26 Å². The van der Waals surface area contributed by atoms with Crippen molar-refractivity contribution in [3.63, 3.8) is 0 Å². The van der Waals surface area contributed by atoms with E-state index in [1.54, 1.807) is 24.3 Å². The molecule has 0 heterocycles. The number of nitrogens with one attached hydrogen (secondary N) is 2. The summed E-state index contributed by atoms with van der Waals surface area (Å²) in [5.41, 5.74) is 1.83. The van der Waals surface area contributed by atoms with Gasteiger partial charge in [-0.15, -0.1) is 0 Å². The number of nitro benzene ring substituents is 1. The second-order valence-electron chi connectivity index (χ2n) is 5.23. The Hall–Kier alpha value is -2.96. The normalized spacial score (nSPS) is 10.9. The number of hydrogen-bond acceptors (Lipinski definition) is 6. The van der Waals surface area contributed by atoms with Gasteiger partial charge in [0.1, 0.15) is 5.69 Å². The van der Waals surface area contributed by atoms with Gasteiger partial charge >= 0.3 is 0 Å². The molecule has 25 heavy (non-hydrogen) atoms. The summed E-state index contributed by atoms with van der Waals surface area (Å²) in [6.45, 7) is 0.325. The molecule has 0 amide bonds. The van der Waals surface area contributed by atoms with Crippen molar-refractivity contribution in [1.82, 2.24) is 4.72 Å². The van der Waals surface area contributed by atoms with E-state index in [-0.39, 0.29) is 17.0 Å². The lowest BCUT2D eigenvalue weighted by Crippen LogP contribution is -2.20. The fraction of sp³-hybridized carbons (Fsp3) is 0.188. The van der Waals surface area contributed by atoms with Crippen LogP contribution < -0.4 is 10.0 Å². The van der Waals surface area contributed by atoms with Crippen LogP contribution in [-0.2, 0) is 22.3 Å². The molecule has 0 fully saturated rings. The van der Waals surface area contributed by atoms with Crippen molar-refractivity contribution in [2.45, 2.75) is 12.3 Å². The molecule has 0 radical (unpaired) electrons. The van der Waals surface area contributed by atoms with Gasteiger partial charge in [-0.3, -0.25) is 10.1 Å². The maximum absolute atomic E-state index is 11.5.